The van der Waals surface area contributed by atoms with E-state index in [1.54, 1.807) is 12.1 Å². The Balaban J connectivity index is 0.00000128. The number of aliphatic carboxylic acids is 1. The number of carbonyl (C=O) groups is 1. The van der Waals surface area contributed by atoms with Gasteiger partial charge in [-0.15, -0.1) is 12.4 Å². The van der Waals surface area contributed by atoms with E-state index in [0.29, 0.717) is 5.69 Å². The summed E-state index contributed by atoms with van der Waals surface area (Å²) in [6.07, 6.45) is 0.0286. The Morgan fingerprint density at radius 3 is 2.38 bits per heavy atom. The van der Waals surface area contributed by atoms with Crippen molar-refractivity contribution in [1.82, 2.24) is 0 Å². The maximum atomic E-state index is 10.7. The zero-order valence-electron chi connectivity index (χ0n) is 8.51. The van der Waals surface area contributed by atoms with Crippen molar-refractivity contribution in [1.29, 1.82) is 0 Å². The number of carboxylic acid groups (broad SMARTS) is 1. The van der Waals surface area contributed by atoms with Crippen LogP contribution in [-0.2, 0) is 11.2 Å². The van der Waals surface area contributed by atoms with Crippen molar-refractivity contribution in [3.63, 3.8) is 0 Å². The van der Waals surface area contributed by atoms with E-state index in [2.05, 4.69) is 0 Å². The lowest BCUT2D eigenvalue weighted by atomic mass is 10.0. The van der Waals surface area contributed by atoms with Crippen LogP contribution in [0.15, 0.2) is 36.4 Å². The normalized spacial score (nSPS) is 9.75. The summed E-state index contributed by atoms with van der Waals surface area (Å²) in [6.45, 7) is 0. The van der Waals surface area contributed by atoms with Gasteiger partial charge in [0.2, 0.25) is 0 Å². The van der Waals surface area contributed by atoms with Gasteiger partial charge in [0.1, 0.15) is 0 Å². The van der Waals surface area contributed by atoms with Crippen LogP contribution in [0.2, 0.25) is 0 Å². The van der Waals surface area contributed by atoms with E-state index in [1.807, 2.05) is 24.3 Å². The summed E-state index contributed by atoms with van der Waals surface area (Å²) in [5.41, 5.74) is 7.29. The largest absolute Gasteiger partial charge is 0.481 e. The molecule has 0 aliphatic carbocycles. The number of carboxylic acids is 1. The van der Waals surface area contributed by atoms with Crippen molar-refractivity contribution in [3.8, 4) is 0 Å². The lowest BCUT2D eigenvalue weighted by Gasteiger charge is -2.06. The molecule has 0 bridgehead atoms. The highest BCUT2D eigenvalue weighted by Gasteiger charge is 2.06. The summed E-state index contributed by atoms with van der Waals surface area (Å²) in [5, 5.41) is 10.6. The maximum Gasteiger partial charge on any atom is 0.307 e. The number of halogens is 1. The molecule has 0 aromatic heterocycles. The molecule has 2 rings (SSSR count). The number of anilines is 1. The number of nitrogen functional groups attached to an aromatic ring is 1. The third-order valence-electron chi connectivity index (χ3n) is 2.39. The monoisotopic (exact) mass is 237 g/mol. The maximum absolute atomic E-state index is 10.7. The van der Waals surface area contributed by atoms with Crippen molar-refractivity contribution < 1.29 is 9.90 Å². The van der Waals surface area contributed by atoms with E-state index in [9.17, 15) is 4.79 Å². The first-order valence-corrected chi connectivity index (χ1v) is 4.66. The fourth-order valence-electron chi connectivity index (χ4n) is 1.70. The Hall–Kier alpha value is -1.74. The first-order valence-electron chi connectivity index (χ1n) is 4.66. The van der Waals surface area contributed by atoms with E-state index in [-0.39, 0.29) is 18.8 Å². The molecule has 0 unspecified atom stereocenters. The van der Waals surface area contributed by atoms with Crippen LogP contribution >= 0.6 is 12.4 Å². The van der Waals surface area contributed by atoms with Gasteiger partial charge in [0.05, 0.1) is 6.42 Å². The van der Waals surface area contributed by atoms with E-state index in [4.69, 9.17) is 10.8 Å². The molecule has 84 valence electrons. The molecule has 0 aliphatic rings. The zero-order chi connectivity index (χ0) is 10.8. The average molecular weight is 238 g/mol. The number of nitrogens with two attached hydrogens (primary N) is 1. The molecule has 0 amide bonds. The molecule has 0 saturated heterocycles. The molecule has 16 heavy (non-hydrogen) atoms. The summed E-state index contributed by atoms with van der Waals surface area (Å²) < 4.78 is 0. The van der Waals surface area contributed by atoms with Crippen LogP contribution in [-0.4, -0.2) is 11.1 Å². The van der Waals surface area contributed by atoms with Gasteiger partial charge in [-0.05, 0) is 17.0 Å². The molecule has 0 radical (unpaired) electrons. The van der Waals surface area contributed by atoms with E-state index < -0.39 is 5.97 Å². The van der Waals surface area contributed by atoms with Crippen molar-refractivity contribution in [2.24, 2.45) is 0 Å². The van der Waals surface area contributed by atoms with Gasteiger partial charge in [-0.3, -0.25) is 4.79 Å². The van der Waals surface area contributed by atoms with E-state index >= 15 is 0 Å². The number of benzene rings is 2. The third-order valence-corrected chi connectivity index (χ3v) is 2.39. The molecule has 0 saturated carbocycles. The van der Waals surface area contributed by atoms with Crippen LogP contribution in [0.25, 0.3) is 10.8 Å². The van der Waals surface area contributed by atoms with Gasteiger partial charge in [0, 0.05) is 11.1 Å². The van der Waals surface area contributed by atoms with Gasteiger partial charge in [0.15, 0.2) is 0 Å². The van der Waals surface area contributed by atoms with Crippen LogP contribution in [0.1, 0.15) is 5.56 Å². The minimum absolute atomic E-state index is 0. The van der Waals surface area contributed by atoms with Gasteiger partial charge in [-0.1, -0.05) is 30.3 Å². The standard InChI is InChI=1S/C12H11NO2.ClH/c13-11-6-5-8(7-12(14)15)9-3-1-2-4-10(9)11;/h1-6H,7,13H2,(H,14,15);1H. The summed E-state index contributed by atoms with van der Waals surface area (Å²) in [7, 11) is 0. The fourth-order valence-corrected chi connectivity index (χ4v) is 1.70. The van der Waals surface area contributed by atoms with Gasteiger partial charge < -0.3 is 10.8 Å². The molecule has 4 heteroatoms. The van der Waals surface area contributed by atoms with Gasteiger partial charge in [-0.2, -0.15) is 0 Å². The van der Waals surface area contributed by atoms with Gasteiger partial charge >= 0.3 is 5.97 Å². The van der Waals surface area contributed by atoms with Crippen molar-refractivity contribution in [3.05, 3.63) is 42.0 Å². The van der Waals surface area contributed by atoms with Gasteiger partial charge in [-0.25, -0.2) is 0 Å². The summed E-state index contributed by atoms with van der Waals surface area (Å²) in [5.74, 6) is -0.829. The second kappa shape index (κ2) is 4.86. The molecular weight excluding hydrogens is 226 g/mol. The first kappa shape index (κ1) is 12.3. The molecule has 3 N–H and O–H groups in total. The first-order chi connectivity index (χ1) is 7.18. The smallest absolute Gasteiger partial charge is 0.307 e. The predicted octanol–water partition coefficient (Wildman–Crippen LogP) is 2.47. The molecule has 3 nitrogen and oxygen atoms in total. The van der Waals surface area contributed by atoms with Crippen LogP contribution in [0.5, 0.6) is 0 Å². The Bertz CT molecular complexity index is 525. The Morgan fingerprint density at radius 2 is 1.75 bits per heavy atom. The summed E-state index contributed by atoms with van der Waals surface area (Å²) in [6, 6.07) is 11.1. The average Bonchev–Trinajstić information content (AvgIpc) is 2.22. The molecule has 0 spiro atoms. The van der Waals surface area contributed by atoms with Crippen molar-refractivity contribution in [2.45, 2.75) is 6.42 Å². The fraction of sp³-hybridized carbons (Fsp3) is 0.0833. The summed E-state index contributed by atoms with van der Waals surface area (Å²) in [4.78, 5) is 10.7. The highest BCUT2D eigenvalue weighted by molar-refractivity contribution is 5.96. The SMILES string of the molecule is Cl.Nc1ccc(CC(=O)O)c2ccccc12. The topological polar surface area (TPSA) is 63.3 Å². The second-order valence-electron chi connectivity index (χ2n) is 3.43. The minimum Gasteiger partial charge on any atom is -0.481 e. The molecular formula is C12H12ClNO2. The molecule has 0 aliphatic heterocycles. The van der Waals surface area contributed by atoms with Crippen LogP contribution in [0, 0.1) is 0 Å². The summed E-state index contributed by atoms with van der Waals surface area (Å²) >= 11 is 0. The zero-order valence-corrected chi connectivity index (χ0v) is 9.33. The van der Waals surface area contributed by atoms with Crippen LogP contribution in [0.4, 0.5) is 5.69 Å². The van der Waals surface area contributed by atoms with E-state index in [0.717, 1.165) is 16.3 Å². The molecule has 0 fully saturated rings. The van der Waals surface area contributed by atoms with Crippen LogP contribution in [0.3, 0.4) is 0 Å². The lowest BCUT2D eigenvalue weighted by molar-refractivity contribution is -0.136. The Labute approximate surface area is 99.3 Å². The number of rotatable bonds is 2. The molecule has 2 aromatic rings. The van der Waals surface area contributed by atoms with Crippen LogP contribution < -0.4 is 5.73 Å². The molecule has 2 aromatic carbocycles. The van der Waals surface area contributed by atoms with E-state index in [1.165, 1.54) is 0 Å². The molecule has 0 atom stereocenters. The quantitative estimate of drug-likeness (QED) is 0.789. The lowest BCUT2D eigenvalue weighted by Crippen LogP contribution is -2.01. The van der Waals surface area contributed by atoms with Crippen molar-refractivity contribution >= 4 is 34.8 Å². The number of fused-ring (bicyclic) bond motifs is 1. The highest BCUT2D eigenvalue weighted by atomic mass is 35.5. The minimum atomic E-state index is -0.829. The second-order valence-corrected chi connectivity index (χ2v) is 3.43. The number of hydrogen-bond donors (Lipinski definition) is 2. The Morgan fingerprint density at radius 1 is 1.12 bits per heavy atom. The Kier molecular flexibility index (Phi) is 3.74. The predicted molar refractivity (Wildman–Crippen MR) is 66.9 cm³/mol. The third kappa shape index (κ3) is 2.25. The number of hydrogen-bond acceptors (Lipinski definition) is 2. The van der Waals surface area contributed by atoms with Gasteiger partial charge in [0.25, 0.3) is 0 Å². The molecule has 0 heterocycles. The highest BCUT2D eigenvalue weighted by Crippen LogP contribution is 2.24. The van der Waals surface area contributed by atoms with Crippen molar-refractivity contribution in [2.75, 3.05) is 5.73 Å².